The summed E-state index contributed by atoms with van der Waals surface area (Å²) in [6.07, 6.45) is -3.34. The van der Waals surface area contributed by atoms with Crippen molar-refractivity contribution in [3.8, 4) is 0 Å². The molecule has 0 unspecified atom stereocenters. The van der Waals surface area contributed by atoms with Crippen LogP contribution in [0.2, 0.25) is 0 Å². The van der Waals surface area contributed by atoms with Gasteiger partial charge in [-0.3, -0.25) is 0 Å². The van der Waals surface area contributed by atoms with Crippen molar-refractivity contribution < 1.29 is 13.2 Å². The summed E-state index contributed by atoms with van der Waals surface area (Å²) in [5, 5.41) is 3.27. The zero-order valence-corrected chi connectivity index (χ0v) is 10.5. The topological polar surface area (TPSA) is 31.4 Å². The first kappa shape index (κ1) is 12.5. The molecule has 0 aliphatic carbocycles. The first-order valence-electron chi connectivity index (χ1n) is 6.33. The van der Waals surface area contributed by atoms with Crippen molar-refractivity contribution in [2.45, 2.75) is 19.3 Å². The Bertz CT molecular complexity index is 488. The Balaban J connectivity index is 2.05. The van der Waals surface area contributed by atoms with Crippen LogP contribution >= 0.6 is 0 Å². The Hall–Kier alpha value is -1.50. The van der Waals surface area contributed by atoms with E-state index in [9.17, 15) is 13.2 Å². The van der Waals surface area contributed by atoms with Crippen molar-refractivity contribution in [1.82, 2.24) is 10.3 Å². The summed E-state index contributed by atoms with van der Waals surface area (Å²) in [5.41, 5.74) is -0.0940. The van der Waals surface area contributed by atoms with Crippen molar-refractivity contribution in [2.75, 3.05) is 36.0 Å². The number of pyridine rings is 1. The number of nitrogens with one attached hydrogen (secondary N) is 1. The van der Waals surface area contributed by atoms with E-state index in [0.717, 1.165) is 25.8 Å². The number of alkyl halides is 3. The van der Waals surface area contributed by atoms with Gasteiger partial charge in [0, 0.05) is 32.4 Å². The molecule has 3 heterocycles. The van der Waals surface area contributed by atoms with E-state index < -0.39 is 11.7 Å². The molecule has 7 heteroatoms. The zero-order chi connectivity index (χ0) is 13.6. The van der Waals surface area contributed by atoms with Gasteiger partial charge in [-0.2, -0.15) is 13.2 Å². The molecule has 2 aliphatic heterocycles. The molecule has 0 radical (unpaired) electrons. The maximum absolute atomic E-state index is 12.8. The number of aromatic nitrogens is 1. The van der Waals surface area contributed by atoms with Crippen LogP contribution in [0.4, 0.5) is 24.7 Å². The second-order valence-corrected chi connectivity index (χ2v) is 4.73. The maximum atomic E-state index is 12.8. The largest absolute Gasteiger partial charge is 0.417 e. The molecule has 0 amide bonds. The lowest BCUT2D eigenvalue weighted by molar-refractivity contribution is -0.137. The Kier molecular flexibility index (Phi) is 2.81. The van der Waals surface area contributed by atoms with Gasteiger partial charge in [0.15, 0.2) is 5.82 Å². The number of hydrogen-bond donors (Lipinski definition) is 1. The van der Waals surface area contributed by atoms with Crippen molar-refractivity contribution in [2.24, 2.45) is 0 Å². The zero-order valence-electron chi connectivity index (χ0n) is 10.5. The minimum absolute atomic E-state index is 0.0738. The smallest absolute Gasteiger partial charge is 0.347 e. The molecule has 0 spiro atoms. The number of fused-ring (bicyclic) bond motifs is 3. The summed E-state index contributed by atoms with van der Waals surface area (Å²) >= 11 is 0. The molecule has 0 saturated carbocycles. The van der Waals surface area contributed by atoms with Gasteiger partial charge in [0.1, 0.15) is 6.17 Å². The molecule has 1 saturated heterocycles. The van der Waals surface area contributed by atoms with Gasteiger partial charge >= 0.3 is 6.18 Å². The molecule has 1 N–H and O–H groups in total. The molecule has 1 aromatic heterocycles. The van der Waals surface area contributed by atoms with Gasteiger partial charge in [-0.25, -0.2) is 4.98 Å². The summed E-state index contributed by atoms with van der Waals surface area (Å²) in [4.78, 5) is 8.10. The number of nitrogens with zero attached hydrogens (tertiary/aromatic N) is 3. The molecule has 1 atom stereocenters. The Labute approximate surface area is 109 Å². The minimum atomic E-state index is -4.34. The molecule has 2 aliphatic rings. The molecular formula is C12H15F3N4. The lowest BCUT2D eigenvalue weighted by Crippen LogP contribution is -2.56. The van der Waals surface area contributed by atoms with Crippen LogP contribution < -0.4 is 15.1 Å². The normalized spacial score (nSPS) is 22.4. The van der Waals surface area contributed by atoms with E-state index in [4.69, 9.17) is 0 Å². The third-order valence-electron chi connectivity index (χ3n) is 3.67. The fourth-order valence-corrected chi connectivity index (χ4v) is 2.79. The van der Waals surface area contributed by atoms with E-state index in [1.807, 2.05) is 11.8 Å². The highest BCUT2D eigenvalue weighted by molar-refractivity contribution is 5.75. The summed E-state index contributed by atoms with van der Waals surface area (Å²) in [6, 6.07) is 1.21. The van der Waals surface area contributed by atoms with Crippen LogP contribution in [0.5, 0.6) is 0 Å². The van der Waals surface area contributed by atoms with Gasteiger partial charge in [-0.1, -0.05) is 0 Å². The van der Waals surface area contributed by atoms with Gasteiger partial charge in [0.2, 0.25) is 0 Å². The number of anilines is 2. The third kappa shape index (κ3) is 1.92. The second kappa shape index (κ2) is 4.26. The number of piperazine rings is 1. The van der Waals surface area contributed by atoms with E-state index in [0.29, 0.717) is 18.1 Å². The standard InChI is InChI=1S/C12H15F3N4/c1-2-18-9-5-8(12(13,14)15)6-17-11(9)19-4-3-16-7-10(18)19/h5-6,10,16H,2-4,7H2,1H3/t10-/m1/s1. The van der Waals surface area contributed by atoms with E-state index in [-0.39, 0.29) is 6.17 Å². The lowest BCUT2D eigenvalue weighted by Gasteiger charge is -2.35. The summed E-state index contributed by atoms with van der Waals surface area (Å²) in [5.74, 6) is 0.668. The maximum Gasteiger partial charge on any atom is 0.417 e. The molecular weight excluding hydrogens is 257 g/mol. The van der Waals surface area contributed by atoms with E-state index in [1.54, 1.807) is 0 Å². The van der Waals surface area contributed by atoms with Crippen LogP contribution in [0.25, 0.3) is 0 Å². The van der Waals surface area contributed by atoms with Crippen molar-refractivity contribution >= 4 is 11.5 Å². The van der Waals surface area contributed by atoms with Crippen LogP contribution in [0, 0.1) is 0 Å². The highest BCUT2D eigenvalue weighted by Crippen LogP contribution is 2.41. The van der Waals surface area contributed by atoms with Gasteiger partial charge in [-0.15, -0.1) is 0 Å². The second-order valence-electron chi connectivity index (χ2n) is 4.73. The molecule has 1 fully saturated rings. The summed E-state index contributed by atoms with van der Waals surface area (Å²) < 4.78 is 38.3. The number of rotatable bonds is 1. The first-order chi connectivity index (χ1) is 9.02. The molecule has 4 nitrogen and oxygen atoms in total. The fourth-order valence-electron chi connectivity index (χ4n) is 2.79. The Morgan fingerprint density at radius 2 is 2.26 bits per heavy atom. The molecule has 0 bridgehead atoms. The van der Waals surface area contributed by atoms with Crippen LogP contribution in [-0.4, -0.2) is 37.3 Å². The monoisotopic (exact) mass is 272 g/mol. The predicted octanol–water partition coefficient (Wildman–Crippen LogP) is 1.68. The summed E-state index contributed by atoms with van der Waals surface area (Å²) in [6.45, 7) is 4.95. The van der Waals surface area contributed by atoms with Crippen LogP contribution in [-0.2, 0) is 6.18 Å². The molecule has 104 valence electrons. The third-order valence-corrected chi connectivity index (χ3v) is 3.67. The van der Waals surface area contributed by atoms with E-state index >= 15 is 0 Å². The number of halogens is 3. The average molecular weight is 272 g/mol. The van der Waals surface area contributed by atoms with E-state index in [2.05, 4.69) is 15.2 Å². The number of likely N-dealkylation sites (N-methyl/N-ethyl adjacent to an activating group) is 1. The van der Waals surface area contributed by atoms with Crippen LogP contribution in [0.1, 0.15) is 12.5 Å². The number of hydrogen-bond acceptors (Lipinski definition) is 4. The van der Waals surface area contributed by atoms with Gasteiger partial charge < -0.3 is 15.1 Å². The Morgan fingerprint density at radius 3 is 2.95 bits per heavy atom. The minimum Gasteiger partial charge on any atom is -0.347 e. The first-order valence-corrected chi connectivity index (χ1v) is 6.33. The van der Waals surface area contributed by atoms with Gasteiger partial charge in [0.25, 0.3) is 0 Å². The van der Waals surface area contributed by atoms with E-state index in [1.165, 1.54) is 6.07 Å². The lowest BCUT2D eigenvalue weighted by atomic mass is 10.2. The van der Waals surface area contributed by atoms with Gasteiger partial charge in [0.05, 0.1) is 11.3 Å². The van der Waals surface area contributed by atoms with Crippen LogP contribution in [0.15, 0.2) is 12.3 Å². The fraction of sp³-hybridized carbons (Fsp3) is 0.583. The summed E-state index contributed by atoms with van der Waals surface area (Å²) in [7, 11) is 0. The van der Waals surface area contributed by atoms with Gasteiger partial charge in [-0.05, 0) is 13.0 Å². The average Bonchev–Trinajstić information content (AvgIpc) is 2.70. The molecule has 19 heavy (non-hydrogen) atoms. The quantitative estimate of drug-likeness (QED) is 0.843. The SMILES string of the molecule is CCN1c2cc(C(F)(F)F)cnc2N2CCNC[C@H]12. The van der Waals surface area contributed by atoms with Crippen molar-refractivity contribution in [3.63, 3.8) is 0 Å². The van der Waals surface area contributed by atoms with Crippen LogP contribution in [0.3, 0.4) is 0 Å². The van der Waals surface area contributed by atoms with Crippen molar-refractivity contribution in [1.29, 1.82) is 0 Å². The highest BCUT2D eigenvalue weighted by Gasteiger charge is 2.40. The molecule has 1 aromatic rings. The molecule has 0 aromatic carbocycles. The predicted molar refractivity (Wildman–Crippen MR) is 66.3 cm³/mol. The van der Waals surface area contributed by atoms with Crippen molar-refractivity contribution in [3.05, 3.63) is 17.8 Å². The molecule has 3 rings (SSSR count). The Morgan fingerprint density at radius 1 is 1.47 bits per heavy atom. The highest BCUT2D eigenvalue weighted by atomic mass is 19.4.